The third-order valence-electron chi connectivity index (χ3n) is 4.57. The van der Waals surface area contributed by atoms with Crippen molar-refractivity contribution in [1.29, 1.82) is 0 Å². The lowest BCUT2D eigenvalue weighted by Crippen LogP contribution is -2.41. The van der Waals surface area contributed by atoms with Crippen LogP contribution in [0.4, 0.5) is 5.69 Å². The van der Waals surface area contributed by atoms with E-state index in [4.69, 9.17) is 0 Å². The van der Waals surface area contributed by atoms with E-state index < -0.39 is 0 Å². The number of nitrogens with one attached hydrogen (secondary N) is 1. The fourth-order valence-electron chi connectivity index (χ4n) is 3.30. The standard InChI is InChI=1S/C18H25N5O/c24-18(21-16-5-3-9-19-15-16)8-13-22-11-2-1-6-17(22)7-14-23-12-4-10-20-23/h3-5,9-10,12,15,17H,1-2,6-8,11,13-14H2,(H,21,24)/t17-/m0/s1. The van der Waals surface area contributed by atoms with Crippen LogP contribution in [-0.2, 0) is 11.3 Å². The second-order valence-electron chi connectivity index (χ2n) is 6.28. The highest BCUT2D eigenvalue weighted by molar-refractivity contribution is 5.90. The molecule has 1 N–H and O–H groups in total. The Labute approximate surface area is 142 Å². The largest absolute Gasteiger partial charge is 0.325 e. The lowest BCUT2D eigenvalue weighted by Gasteiger charge is -2.35. The van der Waals surface area contributed by atoms with Crippen molar-refractivity contribution in [1.82, 2.24) is 19.7 Å². The molecule has 6 nitrogen and oxygen atoms in total. The summed E-state index contributed by atoms with van der Waals surface area (Å²) >= 11 is 0. The maximum absolute atomic E-state index is 12.1. The molecular weight excluding hydrogens is 302 g/mol. The number of aryl methyl sites for hydroxylation is 1. The molecule has 128 valence electrons. The SMILES string of the molecule is O=C(CCN1CCCC[C@H]1CCn1cccn1)Nc1cccnc1. The Balaban J connectivity index is 1.45. The van der Waals surface area contributed by atoms with Crippen molar-refractivity contribution in [2.24, 2.45) is 0 Å². The Morgan fingerprint density at radius 3 is 3.00 bits per heavy atom. The molecule has 2 aromatic rings. The van der Waals surface area contributed by atoms with Gasteiger partial charge in [0.1, 0.15) is 0 Å². The normalized spacial score (nSPS) is 18.4. The van der Waals surface area contributed by atoms with Gasteiger partial charge in [-0.25, -0.2) is 0 Å². The Hall–Kier alpha value is -2.21. The maximum Gasteiger partial charge on any atom is 0.225 e. The molecule has 1 aliphatic rings. The fourth-order valence-corrected chi connectivity index (χ4v) is 3.30. The number of amides is 1. The summed E-state index contributed by atoms with van der Waals surface area (Å²) in [6.45, 7) is 2.84. The molecule has 0 aromatic carbocycles. The van der Waals surface area contributed by atoms with Crippen LogP contribution >= 0.6 is 0 Å². The molecule has 0 unspecified atom stereocenters. The number of hydrogen-bond acceptors (Lipinski definition) is 4. The number of aromatic nitrogens is 3. The quantitative estimate of drug-likeness (QED) is 0.849. The number of anilines is 1. The number of piperidine rings is 1. The minimum Gasteiger partial charge on any atom is -0.325 e. The summed E-state index contributed by atoms with van der Waals surface area (Å²) in [6, 6.07) is 6.19. The van der Waals surface area contributed by atoms with Crippen LogP contribution < -0.4 is 5.32 Å². The summed E-state index contributed by atoms with van der Waals surface area (Å²) in [5.74, 6) is 0.0550. The van der Waals surface area contributed by atoms with E-state index in [9.17, 15) is 4.79 Å². The van der Waals surface area contributed by atoms with Gasteiger partial charge < -0.3 is 5.32 Å². The smallest absolute Gasteiger partial charge is 0.225 e. The first-order valence-electron chi connectivity index (χ1n) is 8.72. The van der Waals surface area contributed by atoms with Crippen molar-refractivity contribution in [3.05, 3.63) is 43.0 Å². The third kappa shape index (κ3) is 4.89. The summed E-state index contributed by atoms with van der Waals surface area (Å²) in [6.07, 6.45) is 12.5. The molecule has 1 atom stereocenters. The second kappa shape index (κ2) is 8.59. The molecule has 0 bridgehead atoms. The van der Waals surface area contributed by atoms with Crippen LogP contribution in [0.5, 0.6) is 0 Å². The number of rotatable bonds is 7. The minimum atomic E-state index is 0.0550. The number of carbonyl (C=O) groups excluding carboxylic acids is 1. The van der Waals surface area contributed by atoms with Crippen molar-refractivity contribution in [3.63, 3.8) is 0 Å². The highest BCUT2D eigenvalue weighted by atomic mass is 16.1. The predicted molar refractivity (Wildman–Crippen MR) is 93.5 cm³/mol. The fraction of sp³-hybridized carbons (Fsp3) is 0.500. The Kier molecular flexibility index (Phi) is 5.96. The lowest BCUT2D eigenvalue weighted by atomic mass is 9.99. The summed E-state index contributed by atoms with van der Waals surface area (Å²) in [4.78, 5) is 18.6. The molecule has 0 spiro atoms. The van der Waals surface area contributed by atoms with Gasteiger partial charge in [0.2, 0.25) is 5.91 Å². The van der Waals surface area contributed by atoms with Gasteiger partial charge in [-0.1, -0.05) is 6.42 Å². The van der Waals surface area contributed by atoms with Crippen molar-refractivity contribution in [2.45, 2.75) is 44.7 Å². The Morgan fingerprint density at radius 1 is 1.25 bits per heavy atom. The number of nitrogens with zero attached hydrogens (tertiary/aromatic N) is 4. The van der Waals surface area contributed by atoms with E-state index in [1.165, 1.54) is 19.3 Å². The van der Waals surface area contributed by atoms with Gasteiger partial charge in [0, 0.05) is 44.1 Å². The zero-order valence-corrected chi connectivity index (χ0v) is 14.0. The summed E-state index contributed by atoms with van der Waals surface area (Å²) < 4.78 is 1.99. The van der Waals surface area contributed by atoms with Gasteiger partial charge in [0.05, 0.1) is 11.9 Å². The number of hydrogen-bond donors (Lipinski definition) is 1. The van der Waals surface area contributed by atoms with Gasteiger partial charge in [-0.05, 0) is 44.0 Å². The predicted octanol–water partition coefficient (Wildman–Crippen LogP) is 2.55. The van der Waals surface area contributed by atoms with E-state index in [0.29, 0.717) is 12.5 Å². The topological polar surface area (TPSA) is 63.1 Å². The molecule has 1 fully saturated rings. The molecule has 0 aliphatic carbocycles. The monoisotopic (exact) mass is 327 g/mol. The molecular formula is C18H25N5O. The first kappa shape index (κ1) is 16.6. The number of pyridine rings is 1. The molecule has 3 heterocycles. The summed E-state index contributed by atoms with van der Waals surface area (Å²) in [5.41, 5.74) is 0.761. The lowest BCUT2D eigenvalue weighted by molar-refractivity contribution is -0.116. The van der Waals surface area contributed by atoms with Crippen molar-refractivity contribution in [3.8, 4) is 0 Å². The van der Waals surface area contributed by atoms with Crippen molar-refractivity contribution in [2.75, 3.05) is 18.4 Å². The highest BCUT2D eigenvalue weighted by Gasteiger charge is 2.22. The van der Waals surface area contributed by atoms with E-state index in [1.54, 1.807) is 12.4 Å². The van der Waals surface area contributed by atoms with Crippen LogP contribution in [0.2, 0.25) is 0 Å². The van der Waals surface area contributed by atoms with Gasteiger partial charge in [0.25, 0.3) is 0 Å². The second-order valence-corrected chi connectivity index (χ2v) is 6.28. The van der Waals surface area contributed by atoms with Crippen molar-refractivity contribution < 1.29 is 4.79 Å². The Bertz CT molecular complexity index is 614. The molecule has 0 radical (unpaired) electrons. The van der Waals surface area contributed by atoms with E-state index >= 15 is 0 Å². The minimum absolute atomic E-state index is 0.0550. The molecule has 1 aliphatic heterocycles. The van der Waals surface area contributed by atoms with E-state index in [2.05, 4.69) is 20.3 Å². The van der Waals surface area contributed by atoms with Gasteiger partial charge in [-0.2, -0.15) is 5.10 Å². The summed E-state index contributed by atoms with van der Waals surface area (Å²) in [5, 5.41) is 7.18. The highest BCUT2D eigenvalue weighted by Crippen LogP contribution is 2.20. The molecule has 24 heavy (non-hydrogen) atoms. The van der Waals surface area contributed by atoms with Crippen LogP contribution in [0.3, 0.4) is 0 Å². The van der Waals surface area contributed by atoms with Crippen LogP contribution in [-0.4, -0.2) is 44.7 Å². The average Bonchev–Trinajstić information content (AvgIpc) is 3.13. The molecule has 0 saturated carbocycles. The average molecular weight is 327 g/mol. The van der Waals surface area contributed by atoms with Gasteiger partial charge in [-0.15, -0.1) is 0 Å². The van der Waals surface area contributed by atoms with Gasteiger partial charge in [0.15, 0.2) is 0 Å². The molecule has 3 rings (SSSR count). The van der Waals surface area contributed by atoms with E-state index in [1.807, 2.05) is 35.3 Å². The molecule has 6 heteroatoms. The van der Waals surface area contributed by atoms with Crippen LogP contribution in [0.15, 0.2) is 43.0 Å². The molecule has 1 saturated heterocycles. The zero-order valence-electron chi connectivity index (χ0n) is 14.0. The first-order chi connectivity index (χ1) is 11.8. The van der Waals surface area contributed by atoms with Crippen molar-refractivity contribution >= 4 is 11.6 Å². The maximum atomic E-state index is 12.1. The third-order valence-corrected chi connectivity index (χ3v) is 4.57. The number of likely N-dealkylation sites (tertiary alicyclic amines) is 1. The van der Waals surface area contributed by atoms with Crippen LogP contribution in [0, 0.1) is 0 Å². The van der Waals surface area contributed by atoms with E-state index in [0.717, 1.165) is 31.7 Å². The molecule has 1 amide bonds. The van der Waals surface area contributed by atoms with Gasteiger partial charge >= 0.3 is 0 Å². The van der Waals surface area contributed by atoms with Gasteiger partial charge in [-0.3, -0.25) is 19.4 Å². The Morgan fingerprint density at radius 2 is 2.21 bits per heavy atom. The first-order valence-corrected chi connectivity index (χ1v) is 8.72. The van der Waals surface area contributed by atoms with Crippen LogP contribution in [0.1, 0.15) is 32.1 Å². The summed E-state index contributed by atoms with van der Waals surface area (Å²) in [7, 11) is 0. The zero-order chi connectivity index (χ0) is 16.6. The van der Waals surface area contributed by atoms with Crippen LogP contribution in [0.25, 0.3) is 0 Å². The molecule has 2 aromatic heterocycles. The number of carbonyl (C=O) groups is 1. The van der Waals surface area contributed by atoms with E-state index in [-0.39, 0.29) is 5.91 Å².